The number of aliphatic imine (C=N–C) groups is 1. The lowest BCUT2D eigenvalue weighted by Crippen LogP contribution is -1.99. The lowest BCUT2D eigenvalue weighted by atomic mass is 9.99. The van der Waals surface area contributed by atoms with E-state index in [1.165, 1.54) is 0 Å². The zero-order chi connectivity index (χ0) is 16.8. The summed E-state index contributed by atoms with van der Waals surface area (Å²) in [6.07, 6.45) is 0. The third-order valence-electron chi connectivity index (χ3n) is 3.27. The summed E-state index contributed by atoms with van der Waals surface area (Å²) in [6.45, 7) is 1.87. The summed E-state index contributed by atoms with van der Waals surface area (Å²) in [5.41, 5.74) is 3.02. The van der Waals surface area contributed by atoms with Gasteiger partial charge < -0.3 is 0 Å². The number of nitrogens with zero attached hydrogens (tertiary/aromatic N) is 4. The van der Waals surface area contributed by atoms with E-state index in [-0.39, 0.29) is 5.71 Å². The number of benzene rings is 2. The van der Waals surface area contributed by atoms with Crippen LogP contribution >= 0.6 is 11.6 Å². The minimum absolute atomic E-state index is 0.257. The van der Waals surface area contributed by atoms with Gasteiger partial charge in [-0.25, -0.2) is 4.99 Å². The van der Waals surface area contributed by atoms with Crippen molar-refractivity contribution in [2.24, 2.45) is 4.99 Å². The summed E-state index contributed by atoms with van der Waals surface area (Å²) in [4.78, 5) is 4.37. The van der Waals surface area contributed by atoms with Gasteiger partial charge in [0.1, 0.15) is 11.8 Å². The topological polar surface area (TPSA) is 83.7 Å². The molecule has 0 unspecified atom stereocenters. The molecule has 2 aromatic rings. The van der Waals surface area contributed by atoms with Crippen LogP contribution in [0, 0.1) is 40.9 Å². The average molecular weight is 319 g/mol. The van der Waals surface area contributed by atoms with Gasteiger partial charge in [-0.15, -0.1) is 0 Å². The molecule has 0 N–H and O–H groups in total. The van der Waals surface area contributed by atoms with E-state index in [1.807, 2.05) is 19.1 Å². The number of hydrogen-bond donors (Lipinski definition) is 0. The maximum atomic E-state index is 9.35. The molecule has 2 aromatic carbocycles. The molecule has 0 saturated heterocycles. The number of rotatable bonds is 3. The maximum absolute atomic E-state index is 9.35. The molecule has 5 heteroatoms. The molecule has 0 amide bonds. The first-order chi connectivity index (χ1) is 11.1. The summed E-state index contributed by atoms with van der Waals surface area (Å²) >= 11 is 5.91. The van der Waals surface area contributed by atoms with E-state index in [0.717, 1.165) is 5.56 Å². The van der Waals surface area contributed by atoms with Crippen LogP contribution in [0.25, 0.3) is 0 Å². The average Bonchev–Trinajstić information content (AvgIpc) is 2.56. The van der Waals surface area contributed by atoms with Crippen molar-refractivity contribution in [3.63, 3.8) is 0 Å². The largest absolute Gasteiger partial charge is 0.237 e. The molecule has 0 aromatic heterocycles. The first-order valence-electron chi connectivity index (χ1n) is 6.73. The van der Waals surface area contributed by atoms with Gasteiger partial charge in [-0.1, -0.05) is 35.9 Å². The van der Waals surface area contributed by atoms with Crippen molar-refractivity contribution in [2.75, 3.05) is 0 Å². The molecule has 0 spiro atoms. The highest BCUT2D eigenvalue weighted by atomic mass is 35.5. The van der Waals surface area contributed by atoms with E-state index in [4.69, 9.17) is 22.1 Å². The van der Waals surface area contributed by atoms with Gasteiger partial charge in [0.2, 0.25) is 0 Å². The molecule has 4 nitrogen and oxygen atoms in total. The van der Waals surface area contributed by atoms with E-state index in [9.17, 15) is 5.26 Å². The fourth-order valence-corrected chi connectivity index (χ4v) is 2.26. The molecule has 0 heterocycles. The molecule has 0 aliphatic heterocycles. The zero-order valence-electron chi connectivity index (χ0n) is 12.3. The van der Waals surface area contributed by atoms with Gasteiger partial charge in [-0.3, -0.25) is 0 Å². The van der Waals surface area contributed by atoms with Crippen LogP contribution in [0.3, 0.4) is 0 Å². The van der Waals surface area contributed by atoms with Crippen LogP contribution in [-0.2, 0) is 0 Å². The van der Waals surface area contributed by atoms with E-state index < -0.39 is 5.92 Å². The molecule has 0 atom stereocenters. The Kier molecular flexibility index (Phi) is 5.11. The SMILES string of the molecule is Cc1cc(Cl)ccc1N=C(C#N)c1ccc(C(C#N)C#N)cc1. The summed E-state index contributed by atoms with van der Waals surface area (Å²) in [7, 11) is 0. The monoisotopic (exact) mass is 318 g/mol. The highest BCUT2D eigenvalue weighted by Crippen LogP contribution is 2.23. The third kappa shape index (κ3) is 3.74. The lowest BCUT2D eigenvalue weighted by molar-refractivity contribution is 1.10. The highest BCUT2D eigenvalue weighted by molar-refractivity contribution is 6.30. The Labute approximate surface area is 139 Å². The molecule has 0 saturated carbocycles. The predicted molar refractivity (Wildman–Crippen MR) is 88.4 cm³/mol. The first-order valence-corrected chi connectivity index (χ1v) is 7.11. The van der Waals surface area contributed by atoms with Crippen molar-refractivity contribution in [1.29, 1.82) is 15.8 Å². The maximum Gasteiger partial charge on any atom is 0.158 e. The molecule has 0 fully saturated rings. The van der Waals surface area contributed by atoms with Gasteiger partial charge in [0.15, 0.2) is 5.92 Å². The standard InChI is InChI=1S/C18H11ClN4/c1-12-8-16(19)6-7-17(12)23-18(11-22)14-4-2-13(3-5-14)15(9-20)10-21/h2-8,15H,1H3. The van der Waals surface area contributed by atoms with Crippen molar-refractivity contribution in [1.82, 2.24) is 0 Å². The molecule has 23 heavy (non-hydrogen) atoms. The molecule has 2 rings (SSSR count). The van der Waals surface area contributed by atoms with E-state index >= 15 is 0 Å². The summed E-state index contributed by atoms with van der Waals surface area (Å²) in [5.74, 6) is -0.815. The highest BCUT2D eigenvalue weighted by Gasteiger charge is 2.10. The second-order valence-corrected chi connectivity index (χ2v) is 5.25. The van der Waals surface area contributed by atoms with E-state index in [1.54, 1.807) is 42.5 Å². The van der Waals surface area contributed by atoms with Crippen LogP contribution in [0.5, 0.6) is 0 Å². The Morgan fingerprint density at radius 3 is 2.22 bits per heavy atom. The van der Waals surface area contributed by atoms with Gasteiger partial charge >= 0.3 is 0 Å². The molecule has 0 aliphatic carbocycles. The van der Waals surface area contributed by atoms with Gasteiger partial charge in [0, 0.05) is 10.6 Å². The zero-order valence-corrected chi connectivity index (χ0v) is 13.0. The van der Waals surface area contributed by atoms with Gasteiger partial charge in [0.25, 0.3) is 0 Å². The Morgan fingerprint density at radius 2 is 1.70 bits per heavy atom. The second-order valence-electron chi connectivity index (χ2n) is 4.82. The first kappa shape index (κ1) is 16.2. The number of hydrogen-bond acceptors (Lipinski definition) is 4. The molecular formula is C18H11ClN4. The normalized spacial score (nSPS) is 10.7. The number of nitriles is 3. The summed E-state index contributed by atoms with van der Waals surface area (Å²) in [5, 5.41) is 27.7. The molecule has 0 bridgehead atoms. The van der Waals surface area contributed by atoms with E-state index in [2.05, 4.69) is 11.1 Å². The van der Waals surface area contributed by atoms with Crippen molar-refractivity contribution >= 4 is 23.0 Å². The lowest BCUT2D eigenvalue weighted by Gasteiger charge is -2.04. The Hall–Kier alpha value is -3.13. The fourth-order valence-electron chi connectivity index (χ4n) is 2.03. The summed E-state index contributed by atoms with van der Waals surface area (Å²) < 4.78 is 0. The van der Waals surface area contributed by atoms with Crippen LogP contribution in [0.1, 0.15) is 22.6 Å². The van der Waals surface area contributed by atoms with Crippen molar-refractivity contribution in [2.45, 2.75) is 12.8 Å². The molecule has 0 aliphatic rings. The summed E-state index contributed by atoms with van der Waals surface area (Å²) in [6, 6.07) is 17.8. The van der Waals surface area contributed by atoms with Gasteiger partial charge in [-0.05, 0) is 36.2 Å². The molecule has 110 valence electrons. The van der Waals surface area contributed by atoms with Crippen molar-refractivity contribution in [3.8, 4) is 18.2 Å². The fraction of sp³-hybridized carbons (Fsp3) is 0.111. The minimum atomic E-state index is -0.815. The van der Waals surface area contributed by atoms with Crippen LogP contribution in [0.15, 0.2) is 47.5 Å². The van der Waals surface area contributed by atoms with Crippen molar-refractivity contribution < 1.29 is 0 Å². The minimum Gasteiger partial charge on any atom is -0.237 e. The predicted octanol–water partition coefficient (Wildman–Crippen LogP) is 4.42. The second kappa shape index (κ2) is 7.23. The Morgan fingerprint density at radius 1 is 1.04 bits per heavy atom. The number of aryl methyl sites for hydroxylation is 1. The van der Waals surface area contributed by atoms with Crippen LogP contribution in [-0.4, -0.2) is 5.71 Å². The third-order valence-corrected chi connectivity index (χ3v) is 3.51. The molecular weight excluding hydrogens is 308 g/mol. The van der Waals surface area contributed by atoms with E-state index in [0.29, 0.717) is 21.8 Å². The van der Waals surface area contributed by atoms with Crippen LogP contribution < -0.4 is 0 Å². The quantitative estimate of drug-likeness (QED) is 0.785. The smallest absolute Gasteiger partial charge is 0.158 e. The van der Waals surface area contributed by atoms with Crippen LogP contribution in [0.4, 0.5) is 5.69 Å². The Balaban J connectivity index is 2.39. The van der Waals surface area contributed by atoms with Crippen molar-refractivity contribution in [3.05, 3.63) is 64.2 Å². The van der Waals surface area contributed by atoms with Gasteiger partial charge in [-0.2, -0.15) is 15.8 Å². The van der Waals surface area contributed by atoms with Crippen LogP contribution in [0.2, 0.25) is 5.02 Å². The number of halogens is 1. The Bertz CT molecular complexity index is 863. The van der Waals surface area contributed by atoms with Gasteiger partial charge in [0.05, 0.1) is 17.8 Å². The molecule has 0 radical (unpaired) electrons.